The summed E-state index contributed by atoms with van der Waals surface area (Å²) in [7, 11) is 0. The van der Waals surface area contributed by atoms with Gasteiger partial charge in [0.05, 0.1) is 17.5 Å². The summed E-state index contributed by atoms with van der Waals surface area (Å²) < 4.78 is 0. The van der Waals surface area contributed by atoms with E-state index >= 15 is 0 Å². The predicted octanol–water partition coefficient (Wildman–Crippen LogP) is 4.44. The lowest BCUT2D eigenvalue weighted by Gasteiger charge is -2.19. The molecule has 148 valence electrons. The van der Waals surface area contributed by atoms with Gasteiger partial charge in [-0.1, -0.05) is 17.7 Å². The van der Waals surface area contributed by atoms with Gasteiger partial charge < -0.3 is 5.32 Å². The number of aryl methyl sites for hydroxylation is 1. The Morgan fingerprint density at radius 3 is 2.24 bits per heavy atom. The van der Waals surface area contributed by atoms with E-state index in [0.717, 1.165) is 24.8 Å². The number of hydrogen-bond donors (Lipinski definition) is 1. The molecule has 2 aromatic rings. The van der Waals surface area contributed by atoms with Crippen molar-refractivity contribution in [1.82, 2.24) is 0 Å². The molecule has 0 radical (unpaired) electrons. The Kier molecular flexibility index (Phi) is 4.24. The third kappa shape index (κ3) is 2.87. The van der Waals surface area contributed by atoms with Crippen LogP contribution in [-0.4, -0.2) is 17.7 Å². The van der Waals surface area contributed by atoms with Crippen molar-refractivity contribution in [1.29, 1.82) is 0 Å². The number of carbonyl (C=O) groups excluding carboxylic acids is 3. The number of anilines is 2. The number of benzene rings is 2. The van der Waals surface area contributed by atoms with Crippen LogP contribution in [0, 0.1) is 30.6 Å². The molecule has 1 aliphatic heterocycles. The number of nitrogens with zero attached hydrogens (tertiary/aromatic N) is 1. The molecule has 1 N–H and O–H groups in total. The van der Waals surface area contributed by atoms with Crippen LogP contribution in [0.5, 0.6) is 0 Å². The minimum Gasteiger partial charge on any atom is -0.322 e. The molecule has 2 aliphatic carbocycles. The van der Waals surface area contributed by atoms with Gasteiger partial charge in [-0.05, 0) is 80.0 Å². The van der Waals surface area contributed by atoms with Crippen LogP contribution in [0.1, 0.15) is 35.2 Å². The maximum Gasteiger partial charge on any atom is 0.255 e. The monoisotopic (exact) mass is 408 g/mol. The molecule has 29 heavy (non-hydrogen) atoms. The molecule has 3 amide bonds. The third-order valence-electron chi connectivity index (χ3n) is 6.76. The second-order valence-corrected chi connectivity index (χ2v) is 8.79. The molecular formula is C23H21ClN2O3. The predicted molar refractivity (Wildman–Crippen MR) is 111 cm³/mol. The Labute approximate surface area is 174 Å². The Morgan fingerprint density at radius 2 is 1.62 bits per heavy atom. The summed E-state index contributed by atoms with van der Waals surface area (Å²) in [4.78, 5) is 39.8. The van der Waals surface area contributed by atoms with Crippen LogP contribution < -0.4 is 10.2 Å². The fraction of sp³-hybridized carbons (Fsp3) is 0.348. The van der Waals surface area contributed by atoms with E-state index in [0.29, 0.717) is 33.8 Å². The van der Waals surface area contributed by atoms with Crippen molar-refractivity contribution in [2.24, 2.45) is 23.7 Å². The van der Waals surface area contributed by atoms with Gasteiger partial charge in [0.25, 0.3) is 5.91 Å². The summed E-state index contributed by atoms with van der Waals surface area (Å²) in [5, 5.41) is 3.40. The third-order valence-corrected chi connectivity index (χ3v) is 7.00. The van der Waals surface area contributed by atoms with Crippen LogP contribution in [0.15, 0.2) is 42.5 Å². The van der Waals surface area contributed by atoms with Gasteiger partial charge in [-0.3, -0.25) is 19.3 Å². The van der Waals surface area contributed by atoms with Crippen molar-refractivity contribution < 1.29 is 14.4 Å². The first kappa shape index (κ1) is 18.4. The SMILES string of the molecule is Cc1ccc(Cl)cc1NC(=O)c1ccc(N2C(=O)[C@H]3[C@@H]4CC[C@@H](C4)[C@@H]3C2=O)cc1. The Bertz CT molecular complexity index is 1000. The molecule has 5 nitrogen and oxygen atoms in total. The Morgan fingerprint density at radius 1 is 1.00 bits per heavy atom. The lowest BCUT2D eigenvalue weighted by atomic mass is 9.81. The van der Waals surface area contributed by atoms with Gasteiger partial charge in [0.15, 0.2) is 0 Å². The van der Waals surface area contributed by atoms with Crippen molar-refractivity contribution in [2.75, 3.05) is 10.2 Å². The molecule has 0 unspecified atom stereocenters. The van der Waals surface area contributed by atoms with E-state index < -0.39 is 0 Å². The van der Waals surface area contributed by atoms with Gasteiger partial charge in [-0.25, -0.2) is 0 Å². The first-order chi connectivity index (χ1) is 13.9. The minimum atomic E-state index is -0.268. The van der Waals surface area contributed by atoms with Crippen LogP contribution in [0.25, 0.3) is 0 Å². The zero-order chi connectivity index (χ0) is 20.3. The van der Waals surface area contributed by atoms with E-state index in [1.165, 1.54) is 4.90 Å². The fourth-order valence-corrected chi connectivity index (χ4v) is 5.52. The van der Waals surface area contributed by atoms with E-state index in [1.54, 1.807) is 36.4 Å². The van der Waals surface area contributed by atoms with Gasteiger partial charge in [0.2, 0.25) is 11.8 Å². The smallest absolute Gasteiger partial charge is 0.255 e. The number of carbonyl (C=O) groups is 3. The number of halogens is 1. The number of rotatable bonds is 3. The normalized spacial score (nSPS) is 27.4. The molecular weight excluding hydrogens is 388 g/mol. The maximum absolute atomic E-state index is 12.9. The number of amides is 3. The van der Waals surface area contributed by atoms with Crippen LogP contribution >= 0.6 is 11.6 Å². The van der Waals surface area contributed by atoms with Crippen molar-refractivity contribution in [3.8, 4) is 0 Å². The van der Waals surface area contributed by atoms with E-state index in [-0.39, 0.29) is 29.6 Å². The summed E-state index contributed by atoms with van der Waals surface area (Å²) in [5.41, 5.74) is 2.56. The number of fused-ring (bicyclic) bond motifs is 5. The number of nitrogens with one attached hydrogen (secondary N) is 1. The number of imide groups is 1. The van der Waals surface area contributed by atoms with Crippen LogP contribution in [0.4, 0.5) is 11.4 Å². The quantitative estimate of drug-likeness (QED) is 0.763. The van der Waals surface area contributed by atoms with E-state index in [2.05, 4.69) is 5.32 Å². The molecule has 2 bridgehead atoms. The van der Waals surface area contributed by atoms with E-state index in [1.807, 2.05) is 13.0 Å². The Hall–Kier alpha value is -2.66. The van der Waals surface area contributed by atoms with Gasteiger partial charge >= 0.3 is 0 Å². The highest BCUT2D eigenvalue weighted by Crippen LogP contribution is 2.56. The zero-order valence-corrected chi connectivity index (χ0v) is 16.8. The molecule has 0 aromatic heterocycles. The van der Waals surface area contributed by atoms with Gasteiger partial charge in [0, 0.05) is 16.3 Å². The summed E-state index contributed by atoms with van der Waals surface area (Å²) in [5.74, 6) is 0.0220. The molecule has 1 heterocycles. The molecule has 5 rings (SSSR count). The molecule has 2 aromatic carbocycles. The highest BCUT2D eigenvalue weighted by molar-refractivity contribution is 6.31. The molecule has 3 fully saturated rings. The molecule has 6 heteroatoms. The lowest BCUT2D eigenvalue weighted by Crippen LogP contribution is -2.32. The van der Waals surface area contributed by atoms with Crippen LogP contribution in [-0.2, 0) is 9.59 Å². The first-order valence-electron chi connectivity index (χ1n) is 9.99. The highest BCUT2D eigenvalue weighted by atomic mass is 35.5. The molecule has 2 saturated carbocycles. The minimum absolute atomic E-state index is 0.0704. The van der Waals surface area contributed by atoms with Crippen molar-refractivity contribution in [3.63, 3.8) is 0 Å². The summed E-state index contributed by atoms with van der Waals surface area (Å²) in [6, 6.07) is 12.0. The zero-order valence-electron chi connectivity index (χ0n) is 16.0. The van der Waals surface area contributed by atoms with Crippen molar-refractivity contribution >= 4 is 40.7 Å². The average molecular weight is 409 g/mol. The Balaban J connectivity index is 1.35. The first-order valence-corrected chi connectivity index (χ1v) is 10.4. The summed E-state index contributed by atoms with van der Waals surface area (Å²) in [6.07, 6.45) is 3.13. The highest BCUT2D eigenvalue weighted by Gasteiger charge is 2.61. The standard InChI is InChI=1S/C23H21ClN2O3/c1-12-2-7-16(24)11-18(12)25-21(27)13-5-8-17(9-6-13)26-22(28)19-14-3-4-15(10-14)20(19)23(26)29/h2,5-9,11,14-15,19-20H,3-4,10H2,1H3,(H,25,27)/t14-,15+,19-,20-/m0/s1. The van der Waals surface area contributed by atoms with Gasteiger partial charge in [-0.2, -0.15) is 0 Å². The van der Waals surface area contributed by atoms with Gasteiger partial charge in [-0.15, -0.1) is 0 Å². The van der Waals surface area contributed by atoms with Gasteiger partial charge in [0.1, 0.15) is 0 Å². The fourth-order valence-electron chi connectivity index (χ4n) is 5.35. The topological polar surface area (TPSA) is 66.5 Å². The number of hydrogen-bond acceptors (Lipinski definition) is 3. The van der Waals surface area contributed by atoms with Crippen LogP contribution in [0.3, 0.4) is 0 Å². The lowest BCUT2D eigenvalue weighted by molar-refractivity contribution is -0.123. The molecule has 0 spiro atoms. The molecule has 1 saturated heterocycles. The second-order valence-electron chi connectivity index (χ2n) is 8.36. The summed E-state index contributed by atoms with van der Waals surface area (Å²) in [6.45, 7) is 1.89. The average Bonchev–Trinajstić information content (AvgIpc) is 3.39. The van der Waals surface area contributed by atoms with E-state index in [4.69, 9.17) is 11.6 Å². The largest absolute Gasteiger partial charge is 0.322 e. The van der Waals surface area contributed by atoms with Crippen molar-refractivity contribution in [2.45, 2.75) is 26.2 Å². The molecule has 3 aliphatic rings. The summed E-state index contributed by atoms with van der Waals surface area (Å²) >= 11 is 6.01. The maximum atomic E-state index is 12.9. The van der Waals surface area contributed by atoms with Crippen molar-refractivity contribution in [3.05, 3.63) is 58.6 Å². The molecule has 4 atom stereocenters. The van der Waals surface area contributed by atoms with E-state index in [9.17, 15) is 14.4 Å². The van der Waals surface area contributed by atoms with Crippen LogP contribution in [0.2, 0.25) is 5.02 Å². The second kappa shape index (κ2) is 6.70.